The molecule has 0 fully saturated rings. The second-order valence-electron chi connectivity index (χ2n) is 6.40. The van der Waals surface area contributed by atoms with Crippen LogP contribution in [0.25, 0.3) is 20.8 Å². The zero-order valence-corrected chi connectivity index (χ0v) is 18.0. The quantitative estimate of drug-likeness (QED) is 0.355. The van der Waals surface area contributed by atoms with Crippen LogP contribution >= 0.6 is 34.5 Å². The number of carbonyl (C=O) groups is 1. The number of benzene rings is 2. The van der Waals surface area contributed by atoms with Gasteiger partial charge in [0.15, 0.2) is 0 Å². The first kappa shape index (κ1) is 20.4. The van der Waals surface area contributed by atoms with Crippen LogP contribution in [0.4, 0.5) is 4.79 Å². The van der Waals surface area contributed by atoms with Crippen LogP contribution in [0, 0.1) is 0 Å². The molecule has 1 amide bonds. The van der Waals surface area contributed by atoms with Gasteiger partial charge in [-0.3, -0.25) is 0 Å². The van der Waals surface area contributed by atoms with Crippen LogP contribution in [0.2, 0.25) is 10.3 Å². The molecule has 0 saturated carbocycles. The molecule has 0 saturated heterocycles. The molecule has 4 rings (SSSR count). The maximum absolute atomic E-state index is 10.8. The van der Waals surface area contributed by atoms with E-state index in [1.165, 1.54) is 11.3 Å². The Morgan fingerprint density at radius 1 is 1.00 bits per heavy atom. The summed E-state index contributed by atoms with van der Waals surface area (Å²) in [6, 6.07) is 16.2. The fraction of sp³-hybridized carbons (Fsp3) is 0.0952. The molecular formula is C21H15Cl2N3O3S. The van der Waals surface area contributed by atoms with Crippen molar-refractivity contribution in [1.29, 1.82) is 0 Å². The van der Waals surface area contributed by atoms with Crippen molar-refractivity contribution in [3.05, 3.63) is 70.5 Å². The number of aromatic nitrogens is 2. The first-order valence-electron chi connectivity index (χ1n) is 8.85. The lowest BCUT2D eigenvalue weighted by molar-refractivity contribution is 0.211. The molecule has 0 radical (unpaired) electrons. The van der Waals surface area contributed by atoms with Gasteiger partial charge in [-0.15, -0.1) is 11.3 Å². The largest absolute Gasteiger partial charge is 0.486 e. The molecule has 30 heavy (non-hydrogen) atoms. The van der Waals surface area contributed by atoms with Crippen LogP contribution in [0.5, 0.6) is 11.5 Å². The minimum absolute atomic E-state index is 0.259. The summed E-state index contributed by atoms with van der Waals surface area (Å²) in [6.07, 6.45) is -1.11. The lowest BCUT2D eigenvalue weighted by Crippen LogP contribution is -2.16. The predicted octanol–water partition coefficient (Wildman–Crippen LogP) is 6.26. The van der Waals surface area contributed by atoms with Gasteiger partial charge in [0, 0.05) is 5.56 Å². The predicted molar refractivity (Wildman–Crippen MR) is 119 cm³/mol. The van der Waals surface area contributed by atoms with Crippen LogP contribution in [0.3, 0.4) is 0 Å². The second kappa shape index (κ2) is 8.47. The van der Waals surface area contributed by atoms with E-state index in [0.29, 0.717) is 21.8 Å². The smallest absolute Gasteiger partial charge is 0.409 e. The van der Waals surface area contributed by atoms with Crippen LogP contribution in [0.1, 0.15) is 18.6 Å². The molecule has 6 nitrogen and oxygen atoms in total. The van der Waals surface area contributed by atoms with Crippen LogP contribution in [-0.2, 0) is 0 Å². The zero-order chi connectivity index (χ0) is 21.3. The van der Waals surface area contributed by atoms with Crippen molar-refractivity contribution in [2.24, 2.45) is 5.73 Å². The molecule has 2 heterocycles. The summed E-state index contributed by atoms with van der Waals surface area (Å²) in [4.78, 5) is 19.5. The topological polar surface area (TPSA) is 87.3 Å². The van der Waals surface area contributed by atoms with E-state index in [1.54, 1.807) is 24.3 Å². The highest BCUT2D eigenvalue weighted by atomic mass is 35.5. The van der Waals surface area contributed by atoms with Gasteiger partial charge in [-0.1, -0.05) is 23.2 Å². The number of pyridine rings is 1. The normalized spacial score (nSPS) is 12.0. The number of hydrogen-bond acceptors (Lipinski definition) is 6. The van der Waals surface area contributed by atoms with E-state index in [-0.39, 0.29) is 6.10 Å². The van der Waals surface area contributed by atoms with Gasteiger partial charge >= 0.3 is 6.09 Å². The van der Waals surface area contributed by atoms with Crippen molar-refractivity contribution >= 4 is 50.8 Å². The summed E-state index contributed by atoms with van der Waals surface area (Å²) in [5.74, 6) is 1.09. The summed E-state index contributed by atoms with van der Waals surface area (Å²) in [5, 5.41) is 1.49. The first-order valence-corrected chi connectivity index (χ1v) is 10.4. The maximum atomic E-state index is 10.8. The number of rotatable bonds is 5. The number of carbonyl (C=O) groups excluding carboxylic acids is 1. The van der Waals surface area contributed by atoms with Gasteiger partial charge in [0.1, 0.15) is 32.9 Å². The van der Waals surface area contributed by atoms with Crippen LogP contribution < -0.4 is 15.2 Å². The summed E-state index contributed by atoms with van der Waals surface area (Å²) < 4.78 is 11.9. The SMILES string of the molecule is CC(Oc1ccc2nc(-c3ccc(OC(N)=O)cc3)sc2c1)c1cc(Cl)nc(Cl)c1. The number of nitrogens with zero attached hydrogens (tertiary/aromatic N) is 2. The highest BCUT2D eigenvalue weighted by Gasteiger charge is 2.12. The van der Waals surface area contributed by atoms with E-state index in [9.17, 15) is 4.79 Å². The van der Waals surface area contributed by atoms with Crippen molar-refractivity contribution in [2.45, 2.75) is 13.0 Å². The van der Waals surface area contributed by atoms with E-state index >= 15 is 0 Å². The van der Waals surface area contributed by atoms with E-state index < -0.39 is 6.09 Å². The van der Waals surface area contributed by atoms with Gasteiger partial charge in [-0.05, 0) is 67.1 Å². The number of halogens is 2. The molecule has 9 heteroatoms. The van der Waals surface area contributed by atoms with Crippen molar-refractivity contribution in [1.82, 2.24) is 9.97 Å². The summed E-state index contributed by atoms with van der Waals surface area (Å²) in [6.45, 7) is 1.92. The molecule has 1 atom stereocenters. The standard InChI is InChI=1S/C21H15Cl2N3O3S/c1-11(13-8-18(22)26-19(23)9-13)28-15-6-7-16-17(10-15)30-20(25-16)12-2-4-14(5-3-12)29-21(24)27/h2-11H,1H3,(H2,24,27). The Labute approximate surface area is 186 Å². The van der Waals surface area contributed by atoms with Crippen molar-refractivity contribution in [3.63, 3.8) is 0 Å². The molecule has 0 spiro atoms. The van der Waals surface area contributed by atoms with Gasteiger partial charge in [0.05, 0.1) is 10.2 Å². The number of amides is 1. The highest BCUT2D eigenvalue weighted by molar-refractivity contribution is 7.21. The Hall–Kier alpha value is -2.87. The molecular weight excluding hydrogens is 445 g/mol. The zero-order valence-electron chi connectivity index (χ0n) is 15.6. The molecule has 0 bridgehead atoms. The third-order valence-electron chi connectivity index (χ3n) is 4.25. The third kappa shape index (κ3) is 4.64. The van der Waals surface area contributed by atoms with E-state index in [2.05, 4.69) is 9.97 Å². The van der Waals surface area contributed by atoms with Gasteiger partial charge in [-0.2, -0.15) is 0 Å². The summed E-state index contributed by atoms with van der Waals surface area (Å²) in [7, 11) is 0. The third-order valence-corrected chi connectivity index (χ3v) is 5.70. The van der Waals surface area contributed by atoms with Gasteiger partial charge in [0.2, 0.25) is 0 Å². The second-order valence-corrected chi connectivity index (χ2v) is 8.21. The number of fused-ring (bicyclic) bond motifs is 1. The molecule has 2 N–H and O–H groups in total. The molecule has 0 aliphatic rings. The van der Waals surface area contributed by atoms with Gasteiger partial charge < -0.3 is 15.2 Å². The van der Waals surface area contributed by atoms with Crippen molar-refractivity contribution in [2.75, 3.05) is 0 Å². The number of ether oxygens (including phenoxy) is 2. The summed E-state index contributed by atoms with van der Waals surface area (Å²) >= 11 is 13.5. The van der Waals surface area contributed by atoms with Crippen molar-refractivity contribution < 1.29 is 14.3 Å². The average molecular weight is 460 g/mol. The number of hydrogen-bond donors (Lipinski definition) is 1. The summed E-state index contributed by atoms with van der Waals surface area (Å²) in [5.41, 5.74) is 7.63. The molecule has 2 aromatic carbocycles. The Kier molecular flexibility index (Phi) is 5.76. The van der Waals surface area contributed by atoms with Gasteiger partial charge in [-0.25, -0.2) is 14.8 Å². The molecule has 152 valence electrons. The molecule has 4 aromatic rings. The first-order chi connectivity index (χ1) is 14.4. The van der Waals surface area contributed by atoms with Crippen molar-refractivity contribution in [3.8, 4) is 22.1 Å². The minimum atomic E-state index is -0.846. The van der Waals surface area contributed by atoms with E-state index in [0.717, 1.165) is 26.4 Å². The number of primary amides is 1. The average Bonchev–Trinajstić information content (AvgIpc) is 3.10. The van der Waals surface area contributed by atoms with Crippen LogP contribution in [-0.4, -0.2) is 16.1 Å². The molecule has 2 aromatic heterocycles. The lowest BCUT2D eigenvalue weighted by atomic mass is 10.2. The highest BCUT2D eigenvalue weighted by Crippen LogP contribution is 2.34. The minimum Gasteiger partial charge on any atom is -0.486 e. The monoisotopic (exact) mass is 459 g/mol. The lowest BCUT2D eigenvalue weighted by Gasteiger charge is -2.15. The number of nitrogens with two attached hydrogens (primary N) is 1. The maximum Gasteiger partial charge on any atom is 0.409 e. The molecule has 0 aliphatic heterocycles. The van der Waals surface area contributed by atoms with Crippen LogP contribution in [0.15, 0.2) is 54.6 Å². The molecule has 1 unspecified atom stereocenters. The van der Waals surface area contributed by atoms with E-state index in [1.807, 2.05) is 37.3 Å². The number of thiazole rings is 1. The van der Waals surface area contributed by atoms with Gasteiger partial charge in [0.25, 0.3) is 0 Å². The molecule has 0 aliphatic carbocycles. The Bertz CT molecular complexity index is 1210. The fourth-order valence-electron chi connectivity index (χ4n) is 2.87. The Morgan fingerprint density at radius 2 is 1.67 bits per heavy atom. The fourth-order valence-corrected chi connectivity index (χ4v) is 4.35. The Balaban J connectivity index is 1.55. The van der Waals surface area contributed by atoms with E-state index in [4.69, 9.17) is 38.4 Å². The Morgan fingerprint density at radius 3 is 2.33 bits per heavy atom.